The summed E-state index contributed by atoms with van der Waals surface area (Å²) in [6.45, 7) is 10.5. The standard InChI is InChI=1S/C14H28N2O2/c1-6-11(2)16-10-14(3,4)9-15(5)13(18)12(16)7-8-17/h11-12,17H,6-10H2,1-5H3. The van der Waals surface area contributed by atoms with E-state index >= 15 is 0 Å². The van der Waals surface area contributed by atoms with Crippen molar-refractivity contribution < 1.29 is 9.90 Å². The Labute approximate surface area is 111 Å². The number of aliphatic hydroxyl groups is 1. The number of carbonyl (C=O) groups excluding carboxylic acids is 1. The van der Waals surface area contributed by atoms with Gasteiger partial charge in [0.1, 0.15) is 0 Å². The van der Waals surface area contributed by atoms with Gasteiger partial charge >= 0.3 is 0 Å². The summed E-state index contributed by atoms with van der Waals surface area (Å²) in [7, 11) is 1.87. The van der Waals surface area contributed by atoms with Crippen molar-refractivity contribution in [2.24, 2.45) is 5.41 Å². The molecule has 2 atom stereocenters. The number of rotatable bonds is 4. The quantitative estimate of drug-likeness (QED) is 0.825. The Morgan fingerprint density at radius 2 is 2.06 bits per heavy atom. The van der Waals surface area contributed by atoms with Gasteiger partial charge in [-0.15, -0.1) is 0 Å². The molecule has 1 aliphatic heterocycles. The van der Waals surface area contributed by atoms with Crippen LogP contribution in [0.1, 0.15) is 40.5 Å². The van der Waals surface area contributed by atoms with Crippen molar-refractivity contribution in [2.75, 3.05) is 26.7 Å². The number of nitrogens with zero attached hydrogens (tertiary/aromatic N) is 2. The second kappa shape index (κ2) is 6.02. The van der Waals surface area contributed by atoms with Gasteiger partial charge in [0.05, 0.1) is 6.04 Å². The molecule has 18 heavy (non-hydrogen) atoms. The summed E-state index contributed by atoms with van der Waals surface area (Å²) >= 11 is 0. The predicted molar refractivity (Wildman–Crippen MR) is 73.4 cm³/mol. The van der Waals surface area contributed by atoms with Gasteiger partial charge in [-0.3, -0.25) is 9.69 Å². The lowest BCUT2D eigenvalue weighted by Gasteiger charge is -2.36. The van der Waals surface area contributed by atoms with E-state index in [0.717, 1.165) is 19.5 Å². The molecule has 0 saturated carbocycles. The molecule has 1 rings (SSSR count). The van der Waals surface area contributed by atoms with E-state index in [1.807, 2.05) is 11.9 Å². The third-order valence-electron chi connectivity index (χ3n) is 3.90. The Morgan fingerprint density at radius 1 is 1.44 bits per heavy atom. The van der Waals surface area contributed by atoms with Gasteiger partial charge in [0.2, 0.25) is 5.91 Å². The van der Waals surface area contributed by atoms with Crippen LogP contribution < -0.4 is 0 Å². The zero-order chi connectivity index (χ0) is 13.9. The minimum atomic E-state index is -0.170. The largest absolute Gasteiger partial charge is 0.396 e. The molecular weight excluding hydrogens is 228 g/mol. The van der Waals surface area contributed by atoms with Gasteiger partial charge in [-0.05, 0) is 25.2 Å². The topological polar surface area (TPSA) is 43.8 Å². The highest BCUT2D eigenvalue weighted by atomic mass is 16.3. The fraction of sp³-hybridized carbons (Fsp3) is 0.929. The highest BCUT2D eigenvalue weighted by Gasteiger charge is 2.39. The lowest BCUT2D eigenvalue weighted by atomic mass is 9.92. The molecule has 0 spiro atoms. The van der Waals surface area contributed by atoms with E-state index in [9.17, 15) is 9.90 Å². The summed E-state index contributed by atoms with van der Waals surface area (Å²) in [5, 5.41) is 9.22. The molecular formula is C14H28N2O2. The zero-order valence-corrected chi connectivity index (χ0v) is 12.4. The van der Waals surface area contributed by atoms with Crippen molar-refractivity contribution in [2.45, 2.75) is 52.6 Å². The molecule has 4 nitrogen and oxygen atoms in total. The lowest BCUT2D eigenvalue weighted by Crippen LogP contribution is -2.49. The second-order valence-electron chi connectivity index (χ2n) is 6.32. The normalized spacial score (nSPS) is 27.1. The van der Waals surface area contributed by atoms with Crippen LogP contribution in [-0.2, 0) is 4.79 Å². The van der Waals surface area contributed by atoms with Crippen molar-refractivity contribution in [3.05, 3.63) is 0 Å². The molecule has 0 bridgehead atoms. The van der Waals surface area contributed by atoms with Crippen LogP contribution in [0.3, 0.4) is 0 Å². The SMILES string of the molecule is CCC(C)N1CC(C)(C)CN(C)C(=O)C1CCO. The highest BCUT2D eigenvalue weighted by molar-refractivity contribution is 5.82. The maximum atomic E-state index is 12.4. The minimum absolute atomic E-state index is 0.0671. The van der Waals surface area contributed by atoms with Crippen molar-refractivity contribution in [1.82, 2.24) is 9.80 Å². The Bertz CT molecular complexity index is 292. The Kier molecular flexibility index (Phi) is 5.17. The Balaban J connectivity index is 3.02. The van der Waals surface area contributed by atoms with E-state index in [4.69, 9.17) is 0 Å². The molecule has 2 unspecified atom stereocenters. The van der Waals surface area contributed by atoms with E-state index in [-0.39, 0.29) is 24.0 Å². The molecule has 4 heteroatoms. The summed E-state index contributed by atoms with van der Waals surface area (Å²) in [4.78, 5) is 16.5. The predicted octanol–water partition coefficient (Wildman–Crippen LogP) is 1.34. The maximum Gasteiger partial charge on any atom is 0.239 e. The van der Waals surface area contributed by atoms with Crippen LogP contribution in [0.4, 0.5) is 0 Å². The van der Waals surface area contributed by atoms with Crippen LogP contribution >= 0.6 is 0 Å². The smallest absolute Gasteiger partial charge is 0.239 e. The summed E-state index contributed by atoms with van der Waals surface area (Å²) in [5.74, 6) is 0.148. The van der Waals surface area contributed by atoms with E-state index in [1.165, 1.54) is 0 Å². The number of likely N-dealkylation sites (N-methyl/N-ethyl adjacent to an activating group) is 1. The lowest BCUT2D eigenvalue weighted by molar-refractivity contribution is -0.135. The molecule has 0 aromatic carbocycles. The first-order valence-corrected chi connectivity index (χ1v) is 6.94. The van der Waals surface area contributed by atoms with Gasteiger partial charge in [0, 0.05) is 32.8 Å². The fourth-order valence-electron chi connectivity index (χ4n) is 2.88. The minimum Gasteiger partial charge on any atom is -0.396 e. The molecule has 1 aliphatic rings. The third kappa shape index (κ3) is 3.45. The number of hydrogen-bond acceptors (Lipinski definition) is 3. The molecule has 1 heterocycles. The van der Waals surface area contributed by atoms with Crippen LogP contribution in [0, 0.1) is 5.41 Å². The van der Waals surface area contributed by atoms with Crippen LogP contribution in [0.15, 0.2) is 0 Å². The Hall–Kier alpha value is -0.610. The Morgan fingerprint density at radius 3 is 2.56 bits per heavy atom. The molecule has 1 amide bonds. The maximum absolute atomic E-state index is 12.4. The van der Waals surface area contributed by atoms with Crippen molar-refractivity contribution in [3.63, 3.8) is 0 Å². The average molecular weight is 256 g/mol. The second-order valence-corrected chi connectivity index (χ2v) is 6.32. The first-order chi connectivity index (χ1) is 8.32. The highest BCUT2D eigenvalue weighted by Crippen LogP contribution is 2.27. The molecule has 0 aliphatic carbocycles. The molecule has 0 aromatic heterocycles. The van der Waals surface area contributed by atoms with Crippen LogP contribution in [0.2, 0.25) is 0 Å². The van der Waals surface area contributed by atoms with E-state index in [0.29, 0.717) is 12.5 Å². The van der Waals surface area contributed by atoms with E-state index < -0.39 is 0 Å². The molecule has 1 N–H and O–H groups in total. The number of amides is 1. The van der Waals surface area contributed by atoms with Gasteiger partial charge < -0.3 is 10.0 Å². The number of aliphatic hydroxyl groups excluding tert-OH is 1. The van der Waals surface area contributed by atoms with Crippen LogP contribution in [0.5, 0.6) is 0 Å². The first kappa shape index (κ1) is 15.4. The number of hydrogen-bond donors (Lipinski definition) is 1. The summed E-state index contributed by atoms with van der Waals surface area (Å²) in [5.41, 5.74) is 0.0953. The molecule has 1 saturated heterocycles. The average Bonchev–Trinajstić information content (AvgIpc) is 2.38. The van der Waals surface area contributed by atoms with E-state index in [2.05, 4.69) is 32.6 Å². The summed E-state index contributed by atoms with van der Waals surface area (Å²) in [6, 6.07) is 0.202. The molecule has 0 aromatic rings. The van der Waals surface area contributed by atoms with Gasteiger partial charge in [-0.1, -0.05) is 20.8 Å². The van der Waals surface area contributed by atoms with Gasteiger partial charge in [0.15, 0.2) is 0 Å². The van der Waals surface area contributed by atoms with Crippen molar-refractivity contribution in [1.29, 1.82) is 0 Å². The summed E-state index contributed by atoms with van der Waals surface area (Å²) in [6.07, 6.45) is 1.55. The van der Waals surface area contributed by atoms with Gasteiger partial charge in [-0.25, -0.2) is 0 Å². The van der Waals surface area contributed by atoms with Gasteiger partial charge in [-0.2, -0.15) is 0 Å². The molecule has 1 fully saturated rings. The monoisotopic (exact) mass is 256 g/mol. The first-order valence-electron chi connectivity index (χ1n) is 6.94. The number of carbonyl (C=O) groups is 1. The third-order valence-corrected chi connectivity index (χ3v) is 3.90. The van der Waals surface area contributed by atoms with Crippen LogP contribution in [0.25, 0.3) is 0 Å². The van der Waals surface area contributed by atoms with Crippen LogP contribution in [-0.4, -0.2) is 59.6 Å². The van der Waals surface area contributed by atoms with Crippen molar-refractivity contribution in [3.8, 4) is 0 Å². The van der Waals surface area contributed by atoms with Crippen molar-refractivity contribution >= 4 is 5.91 Å². The molecule has 0 radical (unpaired) electrons. The van der Waals surface area contributed by atoms with E-state index in [1.54, 1.807) is 0 Å². The zero-order valence-electron chi connectivity index (χ0n) is 12.4. The molecule has 106 valence electrons. The fourth-order valence-corrected chi connectivity index (χ4v) is 2.88. The summed E-state index contributed by atoms with van der Waals surface area (Å²) < 4.78 is 0. The van der Waals surface area contributed by atoms with Gasteiger partial charge in [0.25, 0.3) is 0 Å².